The third-order valence-electron chi connectivity index (χ3n) is 6.91. The Morgan fingerprint density at radius 2 is 1.73 bits per heavy atom. The molecule has 0 saturated heterocycles. The maximum absolute atomic E-state index is 12.9. The number of nitrogens with two attached hydrogens (primary N) is 1. The van der Waals surface area contributed by atoms with Gasteiger partial charge in [0.1, 0.15) is 10.6 Å². The first-order chi connectivity index (χ1) is 14.2. The molecule has 0 aliphatic heterocycles. The molecule has 0 unspecified atom stereocenters. The number of hydrogen-bond acceptors (Lipinski definition) is 5. The van der Waals surface area contributed by atoms with Crippen LogP contribution in [0.2, 0.25) is 0 Å². The molecule has 164 valence electrons. The van der Waals surface area contributed by atoms with Crippen molar-refractivity contribution in [1.82, 2.24) is 5.32 Å². The number of hydrogen-bond donors (Lipinski definition) is 3. The zero-order valence-electron chi connectivity index (χ0n) is 17.1. The average Bonchev–Trinajstić information content (AvgIpc) is 2.66. The van der Waals surface area contributed by atoms with Crippen molar-refractivity contribution in [3.63, 3.8) is 0 Å². The van der Waals surface area contributed by atoms with Gasteiger partial charge in [0.2, 0.25) is 21.8 Å². The predicted molar refractivity (Wildman–Crippen MR) is 111 cm³/mol. The summed E-state index contributed by atoms with van der Waals surface area (Å²) in [5.74, 6) is 1.95. The molecule has 8 nitrogen and oxygen atoms in total. The van der Waals surface area contributed by atoms with E-state index in [9.17, 15) is 18.0 Å². The molecule has 4 fully saturated rings. The molecule has 4 saturated carbocycles. The molecule has 1 aromatic rings. The van der Waals surface area contributed by atoms with E-state index in [2.05, 4.69) is 10.6 Å². The number of ether oxygens (including phenoxy) is 1. The summed E-state index contributed by atoms with van der Waals surface area (Å²) in [6.45, 7) is 0.255. The lowest BCUT2D eigenvalue weighted by atomic mass is 9.49. The van der Waals surface area contributed by atoms with Gasteiger partial charge in [-0.05, 0) is 74.5 Å². The van der Waals surface area contributed by atoms with E-state index in [1.807, 2.05) is 0 Å². The zero-order valence-corrected chi connectivity index (χ0v) is 18.0. The lowest BCUT2D eigenvalue weighted by Gasteiger charge is -2.55. The number of anilines is 1. The quantitative estimate of drug-likeness (QED) is 0.604. The van der Waals surface area contributed by atoms with Crippen molar-refractivity contribution >= 4 is 27.5 Å². The van der Waals surface area contributed by atoms with Crippen molar-refractivity contribution in [3.8, 4) is 5.75 Å². The highest BCUT2D eigenvalue weighted by molar-refractivity contribution is 7.89. The largest absolute Gasteiger partial charge is 0.495 e. The van der Waals surface area contributed by atoms with Crippen molar-refractivity contribution in [2.24, 2.45) is 28.3 Å². The van der Waals surface area contributed by atoms with Gasteiger partial charge >= 0.3 is 0 Å². The Balaban J connectivity index is 1.31. The van der Waals surface area contributed by atoms with Crippen LogP contribution in [0.25, 0.3) is 0 Å². The Labute approximate surface area is 177 Å². The fraction of sp³-hybridized carbons (Fsp3) is 0.619. The summed E-state index contributed by atoms with van der Waals surface area (Å²) in [5, 5.41) is 10.8. The topological polar surface area (TPSA) is 128 Å². The van der Waals surface area contributed by atoms with Crippen LogP contribution in [0.5, 0.6) is 5.75 Å². The number of methoxy groups -OCH3 is 1. The van der Waals surface area contributed by atoms with E-state index in [-0.39, 0.29) is 40.8 Å². The highest BCUT2D eigenvalue weighted by Crippen LogP contribution is 2.60. The predicted octanol–water partition coefficient (Wildman–Crippen LogP) is 2.00. The van der Waals surface area contributed by atoms with Crippen LogP contribution >= 0.6 is 0 Å². The summed E-state index contributed by atoms with van der Waals surface area (Å²) in [7, 11) is -2.65. The van der Waals surface area contributed by atoms with Gasteiger partial charge in [0.15, 0.2) is 0 Å². The Kier molecular flexibility index (Phi) is 5.52. The lowest BCUT2D eigenvalue weighted by molar-refractivity contribution is -0.146. The molecule has 30 heavy (non-hydrogen) atoms. The molecule has 1 aromatic carbocycles. The van der Waals surface area contributed by atoms with Crippen LogP contribution in [0.1, 0.15) is 44.9 Å². The van der Waals surface area contributed by atoms with E-state index >= 15 is 0 Å². The summed E-state index contributed by atoms with van der Waals surface area (Å²) in [5.41, 5.74) is 0.0724. The van der Waals surface area contributed by atoms with Gasteiger partial charge in [-0.1, -0.05) is 0 Å². The van der Waals surface area contributed by atoms with Crippen molar-refractivity contribution in [2.75, 3.05) is 19.0 Å². The Hall–Kier alpha value is -2.13. The number of sulfonamides is 1. The second-order valence-electron chi connectivity index (χ2n) is 9.16. The fourth-order valence-electron chi connectivity index (χ4n) is 6.07. The minimum absolute atomic E-state index is 0.0929. The molecule has 5 rings (SSSR count). The number of carbonyl (C=O) groups is 2. The Morgan fingerprint density at radius 1 is 1.13 bits per heavy atom. The minimum Gasteiger partial charge on any atom is -0.495 e. The summed E-state index contributed by atoms with van der Waals surface area (Å²) in [4.78, 5) is 25.0. The number of nitrogens with one attached hydrogen (secondary N) is 2. The van der Waals surface area contributed by atoms with E-state index in [1.165, 1.54) is 38.5 Å². The van der Waals surface area contributed by atoms with Crippen LogP contribution in [0.3, 0.4) is 0 Å². The van der Waals surface area contributed by atoms with Crippen molar-refractivity contribution in [1.29, 1.82) is 0 Å². The minimum atomic E-state index is -3.99. The highest BCUT2D eigenvalue weighted by atomic mass is 32.2. The summed E-state index contributed by atoms with van der Waals surface area (Å²) >= 11 is 0. The van der Waals surface area contributed by atoms with Gasteiger partial charge in [-0.2, -0.15) is 0 Å². The van der Waals surface area contributed by atoms with E-state index in [0.717, 1.165) is 19.3 Å². The van der Waals surface area contributed by atoms with Gasteiger partial charge in [0.25, 0.3) is 0 Å². The normalized spacial score (nSPS) is 29.5. The lowest BCUT2D eigenvalue weighted by Crippen LogP contribution is -2.53. The Bertz CT molecular complexity index is 924. The number of primary sulfonamides is 1. The standard InChI is InChI=1S/C21H29N3O5S/c1-29-17-3-2-16(9-18(17)30(22,27)28)24-19(25)4-5-23-20(26)21-10-13-6-14(11-21)8-15(7-13)12-21/h2-3,9,13-15H,4-8,10-12H2,1H3,(H,23,26)(H,24,25)(H2,22,27,28). The van der Waals surface area contributed by atoms with Crippen LogP contribution < -0.4 is 20.5 Å². The monoisotopic (exact) mass is 435 g/mol. The molecule has 0 spiro atoms. The van der Waals surface area contributed by atoms with Crippen LogP contribution in [0.15, 0.2) is 23.1 Å². The highest BCUT2D eigenvalue weighted by Gasteiger charge is 2.54. The van der Waals surface area contributed by atoms with Crippen molar-refractivity contribution in [3.05, 3.63) is 18.2 Å². The molecule has 4 aliphatic rings. The van der Waals surface area contributed by atoms with E-state index in [0.29, 0.717) is 23.4 Å². The van der Waals surface area contributed by atoms with Crippen LogP contribution in [0, 0.1) is 23.2 Å². The first-order valence-electron chi connectivity index (χ1n) is 10.5. The smallest absolute Gasteiger partial charge is 0.241 e. The molecule has 0 heterocycles. The molecule has 0 radical (unpaired) electrons. The summed E-state index contributed by atoms with van der Waals surface area (Å²) < 4.78 is 28.4. The average molecular weight is 436 g/mol. The zero-order chi connectivity index (χ0) is 21.5. The van der Waals surface area contributed by atoms with Crippen molar-refractivity contribution in [2.45, 2.75) is 49.8 Å². The molecular formula is C21H29N3O5S. The van der Waals surface area contributed by atoms with Crippen LogP contribution in [-0.2, 0) is 19.6 Å². The molecule has 0 aromatic heterocycles. The number of rotatable bonds is 7. The van der Waals surface area contributed by atoms with Gasteiger partial charge in [0.05, 0.1) is 7.11 Å². The van der Waals surface area contributed by atoms with Gasteiger partial charge in [0, 0.05) is 24.1 Å². The number of amides is 2. The van der Waals surface area contributed by atoms with Gasteiger partial charge in [-0.15, -0.1) is 0 Å². The first-order valence-corrected chi connectivity index (χ1v) is 12.0. The maximum Gasteiger partial charge on any atom is 0.241 e. The fourth-order valence-corrected chi connectivity index (χ4v) is 6.79. The molecule has 9 heteroatoms. The summed E-state index contributed by atoms with van der Waals surface area (Å²) in [6.07, 6.45) is 6.89. The number of benzene rings is 1. The second kappa shape index (κ2) is 7.85. The SMILES string of the molecule is COc1ccc(NC(=O)CCNC(=O)C23CC4CC(CC(C4)C2)C3)cc1S(N)(=O)=O. The summed E-state index contributed by atoms with van der Waals surface area (Å²) in [6, 6.07) is 4.24. The molecule has 0 atom stereocenters. The first kappa shape index (κ1) is 21.1. The molecular weight excluding hydrogens is 406 g/mol. The third-order valence-corrected chi connectivity index (χ3v) is 7.84. The molecule has 4 aliphatic carbocycles. The van der Waals surface area contributed by atoms with Gasteiger partial charge < -0.3 is 15.4 Å². The third kappa shape index (κ3) is 4.18. The van der Waals surface area contributed by atoms with Crippen molar-refractivity contribution < 1.29 is 22.7 Å². The number of carbonyl (C=O) groups excluding carboxylic acids is 2. The van der Waals surface area contributed by atoms with Crippen LogP contribution in [-0.4, -0.2) is 33.9 Å². The molecule has 4 N–H and O–H groups in total. The van der Waals surface area contributed by atoms with Gasteiger partial charge in [-0.3, -0.25) is 9.59 Å². The van der Waals surface area contributed by atoms with Crippen LogP contribution in [0.4, 0.5) is 5.69 Å². The van der Waals surface area contributed by atoms with E-state index < -0.39 is 10.0 Å². The van der Waals surface area contributed by atoms with Gasteiger partial charge in [-0.25, -0.2) is 13.6 Å². The maximum atomic E-state index is 12.9. The Morgan fingerprint density at radius 3 is 2.27 bits per heavy atom. The molecule has 2 amide bonds. The van der Waals surface area contributed by atoms with E-state index in [1.54, 1.807) is 6.07 Å². The second-order valence-corrected chi connectivity index (χ2v) is 10.7. The molecule has 4 bridgehead atoms. The van der Waals surface area contributed by atoms with E-state index in [4.69, 9.17) is 9.88 Å².